The average molecular weight is 598 g/mol. The Hall–Kier alpha value is -4.83. The third kappa shape index (κ3) is 4.42. The fraction of sp³-hybridized carbons (Fsp3) is 0.0667. The SMILES string of the molecule is Cc1c(C(=O)Nc2ccc(Oc3ncnc4[nH]cc(-c5ccccc5)c34)c(F)c2)c(=O)c2cc(Br)ccc2n1C. The third-order valence-electron chi connectivity index (χ3n) is 6.80. The number of rotatable bonds is 5. The Bertz CT molecular complexity index is 2000. The van der Waals surface area contributed by atoms with Crippen molar-refractivity contribution in [2.45, 2.75) is 6.92 Å². The van der Waals surface area contributed by atoms with E-state index in [9.17, 15) is 9.59 Å². The van der Waals surface area contributed by atoms with Crippen LogP contribution < -0.4 is 15.5 Å². The van der Waals surface area contributed by atoms with Gasteiger partial charge in [-0.05, 0) is 42.8 Å². The van der Waals surface area contributed by atoms with Gasteiger partial charge in [-0.1, -0.05) is 46.3 Å². The summed E-state index contributed by atoms with van der Waals surface area (Å²) in [5, 5.41) is 3.66. The predicted octanol–water partition coefficient (Wildman–Crippen LogP) is 6.73. The standard InChI is InChI=1S/C30H21BrFN5O3/c1-16-25(27(38)20-12-18(31)8-10-23(20)37(16)2)29(39)36-19-9-11-24(22(32)13-19)40-30-26-21(17-6-4-3-5-7-17)14-33-28(26)34-15-35-30/h3-15H,1-2H3,(H,36,39)(H,33,34,35). The van der Waals surface area contributed by atoms with E-state index in [1.165, 1.54) is 18.5 Å². The Kier molecular flexibility index (Phi) is 6.39. The molecule has 0 atom stereocenters. The molecule has 1 amide bonds. The maximum atomic E-state index is 15.2. The van der Waals surface area contributed by atoms with Crippen molar-refractivity contribution in [3.05, 3.63) is 111 Å². The largest absolute Gasteiger partial charge is 0.435 e. The van der Waals surface area contributed by atoms with E-state index in [1.54, 1.807) is 30.8 Å². The fourth-order valence-electron chi connectivity index (χ4n) is 4.71. The summed E-state index contributed by atoms with van der Waals surface area (Å²) in [6, 6.07) is 19.0. The lowest BCUT2D eigenvalue weighted by atomic mass is 10.1. The number of aromatic amines is 1. The van der Waals surface area contributed by atoms with Gasteiger partial charge in [0, 0.05) is 46.1 Å². The minimum atomic E-state index is -0.714. The van der Waals surface area contributed by atoms with Crippen LogP contribution in [0.15, 0.2) is 88.5 Å². The molecule has 0 saturated carbocycles. The normalized spacial score (nSPS) is 11.2. The van der Waals surface area contributed by atoms with Gasteiger partial charge in [0.25, 0.3) is 5.91 Å². The van der Waals surface area contributed by atoms with Gasteiger partial charge in [0.2, 0.25) is 11.3 Å². The molecule has 0 aliphatic rings. The molecule has 3 aromatic carbocycles. The number of hydrogen-bond donors (Lipinski definition) is 2. The predicted molar refractivity (Wildman–Crippen MR) is 155 cm³/mol. The molecule has 198 valence electrons. The molecule has 3 heterocycles. The number of carbonyl (C=O) groups excluding carboxylic acids is 1. The highest BCUT2D eigenvalue weighted by Gasteiger charge is 2.21. The van der Waals surface area contributed by atoms with Gasteiger partial charge >= 0.3 is 0 Å². The van der Waals surface area contributed by atoms with E-state index in [0.29, 0.717) is 27.6 Å². The number of aryl methyl sites for hydroxylation is 1. The molecular formula is C30H21BrFN5O3. The molecule has 6 aromatic rings. The van der Waals surface area contributed by atoms with E-state index in [4.69, 9.17) is 4.74 Å². The number of carbonyl (C=O) groups is 1. The summed E-state index contributed by atoms with van der Waals surface area (Å²) >= 11 is 3.38. The van der Waals surface area contributed by atoms with Crippen LogP contribution in [0.4, 0.5) is 10.1 Å². The van der Waals surface area contributed by atoms with Crippen molar-refractivity contribution in [1.29, 1.82) is 0 Å². The topological polar surface area (TPSA) is 102 Å². The summed E-state index contributed by atoms with van der Waals surface area (Å²) in [6.07, 6.45) is 3.13. The molecule has 6 rings (SSSR count). The zero-order chi connectivity index (χ0) is 28.0. The van der Waals surface area contributed by atoms with Crippen molar-refractivity contribution in [2.75, 3.05) is 5.32 Å². The monoisotopic (exact) mass is 597 g/mol. The van der Waals surface area contributed by atoms with Crippen LogP contribution in [0.1, 0.15) is 16.1 Å². The Morgan fingerprint density at radius 1 is 1.07 bits per heavy atom. The number of fused-ring (bicyclic) bond motifs is 2. The molecule has 2 N–H and O–H groups in total. The molecule has 0 fully saturated rings. The fourth-order valence-corrected chi connectivity index (χ4v) is 5.07. The van der Waals surface area contributed by atoms with Gasteiger partial charge < -0.3 is 19.6 Å². The molecule has 0 aliphatic carbocycles. The Balaban J connectivity index is 1.30. The first kappa shape index (κ1) is 25.4. The van der Waals surface area contributed by atoms with Crippen molar-refractivity contribution in [1.82, 2.24) is 19.5 Å². The zero-order valence-corrected chi connectivity index (χ0v) is 22.9. The molecule has 10 heteroatoms. The van der Waals surface area contributed by atoms with Crippen LogP contribution in [-0.2, 0) is 7.05 Å². The highest BCUT2D eigenvalue weighted by atomic mass is 79.9. The van der Waals surface area contributed by atoms with Crippen LogP contribution in [0.3, 0.4) is 0 Å². The van der Waals surface area contributed by atoms with E-state index < -0.39 is 17.2 Å². The molecule has 40 heavy (non-hydrogen) atoms. The molecule has 0 radical (unpaired) electrons. The van der Waals surface area contributed by atoms with Gasteiger partial charge in [-0.15, -0.1) is 0 Å². The van der Waals surface area contributed by atoms with Crippen molar-refractivity contribution in [3.8, 4) is 22.8 Å². The molecular weight excluding hydrogens is 577 g/mol. The first-order valence-corrected chi connectivity index (χ1v) is 13.1. The summed E-state index contributed by atoms with van der Waals surface area (Å²) in [6.45, 7) is 1.70. The Labute approximate surface area is 235 Å². The van der Waals surface area contributed by atoms with Crippen molar-refractivity contribution >= 4 is 49.5 Å². The van der Waals surface area contributed by atoms with E-state index in [2.05, 4.69) is 36.2 Å². The quantitative estimate of drug-likeness (QED) is 0.229. The van der Waals surface area contributed by atoms with Gasteiger partial charge in [-0.3, -0.25) is 9.59 Å². The molecule has 0 saturated heterocycles. The number of nitrogens with zero attached hydrogens (tertiary/aromatic N) is 3. The molecule has 0 aliphatic heterocycles. The number of hydrogen-bond acceptors (Lipinski definition) is 5. The number of ether oxygens (including phenoxy) is 1. The van der Waals surface area contributed by atoms with Crippen molar-refractivity contribution in [2.24, 2.45) is 7.05 Å². The van der Waals surface area contributed by atoms with Gasteiger partial charge in [0.15, 0.2) is 11.6 Å². The van der Waals surface area contributed by atoms with Crippen molar-refractivity contribution < 1.29 is 13.9 Å². The highest BCUT2D eigenvalue weighted by molar-refractivity contribution is 9.10. The van der Waals surface area contributed by atoms with E-state index in [1.807, 2.05) is 42.5 Å². The second-order valence-electron chi connectivity index (χ2n) is 9.18. The Morgan fingerprint density at radius 3 is 2.65 bits per heavy atom. The number of aromatic nitrogens is 4. The smallest absolute Gasteiger partial charge is 0.261 e. The molecule has 8 nitrogen and oxygen atoms in total. The Morgan fingerprint density at radius 2 is 1.88 bits per heavy atom. The minimum absolute atomic E-state index is 0.0156. The maximum Gasteiger partial charge on any atom is 0.261 e. The van der Waals surface area contributed by atoms with Crippen LogP contribution in [0.2, 0.25) is 0 Å². The lowest BCUT2D eigenvalue weighted by molar-refractivity contribution is 0.102. The molecule has 0 unspecified atom stereocenters. The summed E-state index contributed by atoms with van der Waals surface area (Å²) < 4.78 is 23.6. The van der Waals surface area contributed by atoms with Crippen molar-refractivity contribution in [3.63, 3.8) is 0 Å². The molecule has 0 bridgehead atoms. The van der Waals surface area contributed by atoms with Gasteiger partial charge in [-0.2, -0.15) is 0 Å². The van der Waals surface area contributed by atoms with Crippen LogP contribution in [-0.4, -0.2) is 25.4 Å². The molecule has 0 spiro atoms. The molecule has 3 aromatic heterocycles. The van der Waals surface area contributed by atoms with E-state index in [0.717, 1.165) is 21.7 Å². The minimum Gasteiger partial charge on any atom is -0.435 e. The number of halogens is 2. The number of pyridine rings is 1. The first-order valence-electron chi connectivity index (χ1n) is 12.3. The third-order valence-corrected chi connectivity index (χ3v) is 7.29. The first-order chi connectivity index (χ1) is 19.3. The lowest BCUT2D eigenvalue weighted by Gasteiger charge is -2.15. The number of H-pyrrole nitrogens is 1. The van der Waals surface area contributed by atoms with Gasteiger partial charge in [0.05, 0.1) is 10.9 Å². The zero-order valence-electron chi connectivity index (χ0n) is 21.3. The maximum absolute atomic E-state index is 15.2. The van der Waals surface area contributed by atoms with Crippen LogP contribution in [0.25, 0.3) is 33.1 Å². The van der Waals surface area contributed by atoms with Crippen LogP contribution in [0, 0.1) is 12.7 Å². The van der Waals surface area contributed by atoms with Crippen LogP contribution in [0.5, 0.6) is 11.6 Å². The average Bonchev–Trinajstić information content (AvgIpc) is 3.39. The summed E-state index contributed by atoms with van der Waals surface area (Å²) in [7, 11) is 1.78. The number of anilines is 1. The summed E-state index contributed by atoms with van der Waals surface area (Å²) in [5.41, 5.74) is 3.23. The highest BCUT2D eigenvalue weighted by Crippen LogP contribution is 2.36. The summed E-state index contributed by atoms with van der Waals surface area (Å²) in [5.74, 6) is -1.25. The number of nitrogens with one attached hydrogen (secondary N) is 2. The van der Waals surface area contributed by atoms with Crippen LogP contribution >= 0.6 is 15.9 Å². The van der Waals surface area contributed by atoms with E-state index >= 15 is 4.39 Å². The van der Waals surface area contributed by atoms with Gasteiger partial charge in [-0.25, -0.2) is 14.4 Å². The number of benzene rings is 3. The lowest BCUT2D eigenvalue weighted by Crippen LogP contribution is -2.26. The van der Waals surface area contributed by atoms with E-state index in [-0.39, 0.29) is 22.9 Å². The number of amides is 1. The second-order valence-corrected chi connectivity index (χ2v) is 10.1. The summed E-state index contributed by atoms with van der Waals surface area (Å²) in [4.78, 5) is 38.0. The van der Waals surface area contributed by atoms with Gasteiger partial charge in [0.1, 0.15) is 17.5 Å². The second kappa shape index (κ2) is 10.0.